The van der Waals surface area contributed by atoms with E-state index in [1.807, 2.05) is 25.1 Å². The zero-order valence-corrected chi connectivity index (χ0v) is 9.31. The summed E-state index contributed by atoms with van der Waals surface area (Å²) in [4.78, 5) is 0. The highest BCUT2D eigenvalue weighted by Gasteiger charge is 2.07. The van der Waals surface area contributed by atoms with Gasteiger partial charge in [-0.05, 0) is 24.6 Å². The third kappa shape index (κ3) is 2.04. The van der Waals surface area contributed by atoms with Gasteiger partial charge in [-0.25, -0.2) is 0 Å². The molecule has 11 heavy (non-hydrogen) atoms. The van der Waals surface area contributed by atoms with E-state index < -0.39 is 0 Å². The van der Waals surface area contributed by atoms with Gasteiger partial charge in [0.2, 0.25) is 0 Å². The van der Waals surface area contributed by atoms with Crippen LogP contribution in [0.5, 0.6) is 0 Å². The second kappa shape index (κ2) is 3.70. The van der Waals surface area contributed by atoms with Gasteiger partial charge >= 0.3 is 0 Å². The van der Waals surface area contributed by atoms with Crippen molar-refractivity contribution < 1.29 is 0 Å². The van der Waals surface area contributed by atoms with E-state index in [9.17, 15) is 0 Å². The van der Waals surface area contributed by atoms with Crippen LogP contribution < -0.4 is 5.73 Å². The highest BCUT2D eigenvalue weighted by atomic mass is 79.9. The molecular weight excluding hydrogens is 270 g/mol. The highest BCUT2D eigenvalue weighted by molar-refractivity contribution is 9.11. The van der Waals surface area contributed by atoms with E-state index in [0.29, 0.717) is 0 Å². The Balaban J connectivity index is 3.21. The SMILES string of the molecule is C[C@@H](N)c1c(Br)cccc1Br. The Morgan fingerprint density at radius 1 is 1.27 bits per heavy atom. The fourth-order valence-corrected chi connectivity index (χ4v) is 2.67. The van der Waals surface area contributed by atoms with E-state index in [1.54, 1.807) is 0 Å². The van der Waals surface area contributed by atoms with Crippen molar-refractivity contribution in [1.82, 2.24) is 0 Å². The first-order valence-electron chi connectivity index (χ1n) is 3.32. The minimum absolute atomic E-state index is 0.0555. The molecule has 0 fully saturated rings. The normalized spacial score (nSPS) is 13.1. The molecule has 3 heteroatoms. The Labute approximate surface area is 83.2 Å². The summed E-state index contributed by atoms with van der Waals surface area (Å²) in [6.07, 6.45) is 0. The monoisotopic (exact) mass is 277 g/mol. The molecule has 2 N–H and O–H groups in total. The van der Waals surface area contributed by atoms with Crippen molar-refractivity contribution in [2.45, 2.75) is 13.0 Å². The van der Waals surface area contributed by atoms with Crippen LogP contribution in [0.2, 0.25) is 0 Å². The van der Waals surface area contributed by atoms with Crippen LogP contribution in [0.4, 0.5) is 0 Å². The third-order valence-corrected chi connectivity index (χ3v) is 2.84. The fraction of sp³-hybridized carbons (Fsp3) is 0.250. The van der Waals surface area contributed by atoms with Crippen molar-refractivity contribution in [3.63, 3.8) is 0 Å². The summed E-state index contributed by atoms with van der Waals surface area (Å²) in [7, 11) is 0. The predicted molar refractivity (Wildman–Crippen MR) is 54.4 cm³/mol. The molecular formula is C8H9Br2N. The number of hydrogen-bond acceptors (Lipinski definition) is 1. The molecule has 1 rings (SSSR count). The second-order valence-corrected chi connectivity index (χ2v) is 4.13. The Bertz CT molecular complexity index is 238. The number of nitrogens with two attached hydrogens (primary N) is 1. The molecule has 60 valence electrons. The third-order valence-electron chi connectivity index (χ3n) is 1.46. The van der Waals surface area contributed by atoms with E-state index in [2.05, 4.69) is 31.9 Å². The summed E-state index contributed by atoms with van der Waals surface area (Å²) in [6.45, 7) is 1.96. The molecule has 1 aromatic carbocycles. The lowest BCUT2D eigenvalue weighted by Crippen LogP contribution is -2.06. The Morgan fingerprint density at radius 2 is 1.73 bits per heavy atom. The summed E-state index contributed by atoms with van der Waals surface area (Å²) in [5.41, 5.74) is 6.87. The molecule has 0 spiro atoms. The van der Waals surface area contributed by atoms with Gasteiger partial charge in [0.25, 0.3) is 0 Å². The minimum atomic E-state index is 0.0555. The molecule has 0 amide bonds. The first-order chi connectivity index (χ1) is 5.13. The lowest BCUT2D eigenvalue weighted by atomic mass is 10.1. The number of rotatable bonds is 1. The summed E-state index contributed by atoms with van der Waals surface area (Å²) < 4.78 is 2.11. The van der Waals surface area contributed by atoms with Crippen molar-refractivity contribution in [3.05, 3.63) is 32.7 Å². The van der Waals surface area contributed by atoms with Crippen LogP contribution in [-0.2, 0) is 0 Å². The average Bonchev–Trinajstić information content (AvgIpc) is 1.85. The lowest BCUT2D eigenvalue weighted by Gasteiger charge is -2.09. The first-order valence-corrected chi connectivity index (χ1v) is 4.91. The van der Waals surface area contributed by atoms with E-state index in [4.69, 9.17) is 5.73 Å². The van der Waals surface area contributed by atoms with Crippen LogP contribution >= 0.6 is 31.9 Å². The van der Waals surface area contributed by atoms with Gasteiger partial charge in [0.1, 0.15) is 0 Å². The fourth-order valence-electron chi connectivity index (χ4n) is 0.946. The van der Waals surface area contributed by atoms with Crippen molar-refractivity contribution in [2.24, 2.45) is 5.73 Å². The lowest BCUT2D eigenvalue weighted by molar-refractivity contribution is 0.808. The maximum atomic E-state index is 5.76. The van der Waals surface area contributed by atoms with Crippen molar-refractivity contribution in [2.75, 3.05) is 0 Å². The summed E-state index contributed by atoms with van der Waals surface area (Å²) in [6, 6.07) is 6.01. The zero-order chi connectivity index (χ0) is 8.43. The molecule has 1 atom stereocenters. The first kappa shape index (κ1) is 9.23. The van der Waals surface area contributed by atoms with Crippen molar-refractivity contribution >= 4 is 31.9 Å². The summed E-state index contributed by atoms with van der Waals surface area (Å²) in [5.74, 6) is 0. The van der Waals surface area contributed by atoms with Crippen LogP contribution in [-0.4, -0.2) is 0 Å². The van der Waals surface area contributed by atoms with Gasteiger partial charge in [-0.3, -0.25) is 0 Å². The van der Waals surface area contributed by atoms with Gasteiger partial charge in [0.05, 0.1) is 0 Å². The maximum Gasteiger partial charge on any atom is 0.0288 e. The highest BCUT2D eigenvalue weighted by Crippen LogP contribution is 2.29. The van der Waals surface area contributed by atoms with Crippen LogP contribution in [0.1, 0.15) is 18.5 Å². The number of hydrogen-bond donors (Lipinski definition) is 1. The quantitative estimate of drug-likeness (QED) is 0.839. The van der Waals surface area contributed by atoms with E-state index in [1.165, 1.54) is 0 Å². The smallest absolute Gasteiger partial charge is 0.0288 e. The van der Waals surface area contributed by atoms with Gasteiger partial charge in [-0.2, -0.15) is 0 Å². The van der Waals surface area contributed by atoms with Crippen LogP contribution in [0.25, 0.3) is 0 Å². The molecule has 0 saturated carbocycles. The molecule has 0 saturated heterocycles. The predicted octanol–water partition coefficient (Wildman–Crippen LogP) is 3.23. The topological polar surface area (TPSA) is 26.0 Å². The largest absolute Gasteiger partial charge is 0.324 e. The van der Waals surface area contributed by atoms with Gasteiger partial charge in [-0.15, -0.1) is 0 Å². The van der Waals surface area contributed by atoms with Gasteiger partial charge in [-0.1, -0.05) is 37.9 Å². The Morgan fingerprint density at radius 3 is 2.00 bits per heavy atom. The summed E-state index contributed by atoms with van der Waals surface area (Å²) >= 11 is 6.88. The van der Waals surface area contributed by atoms with Crippen LogP contribution in [0.15, 0.2) is 27.1 Å². The van der Waals surface area contributed by atoms with Crippen molar-refractivity contribution in [3.8, 4) is 0 Å². The van der Waals surface area contributed by atoms with Crippen LogP contribution in [0, 0.1) is 0 Å². The Kier molecular flexibility index (Phi) is 3.10. The van der Waals surface area contributed by atoms with E-state index in [-0.39, 0.29) is 6.04 Å². The molecule has 0 aliphatic rings. The minimum Gasteiger partial charge on any atom is -0.324 e. The Hall–Kier alpha value is 0.140. The molecule has 0 aliphatic heterocycles. The molecule has 0 radical (unpaired) electrons. The summed E-state index contributed by atoms with van der Waals surface area (Å²) in [5, 5.41) is 0. The van der Waals surface area contributed by atoms with Crippen molar-refractivity contribution in [1.29, 1.82) is 0 Å². The van der Waals surface area contributed by atoms with Crippen LogP contribution in [0.3, 0.4) is 0 Å². The van der Waals surface area contributed by atoms with E-state index in [0.717, 1.165) is 14.5 Å². The number of benzene rings is 1. The van der Waals surface area contributed by atoms with Gasteiger partial charge in [0.15, 0.2) is 0 Å². The average molecular weight is 279 g/mol. The number of halogens is 2. The maximum absolute atomic E-state index is 5.76. The molecule has 1 aromatic rings. The second-order valence-electron chi connectivity index (χ2n) is 2.42. The molecule has 0 aromatic heterocycles. The van der Waals surface area contributed by atoms with Gasteiger partial charge in [0, 0.05) is 15.0 Å². The molecule has 0 unspecified atom stereocenters. The zero-order valence-electron chi connectivity index (χ0n) is 6.14. The standard InChI is InChI=1S/C8H9Br2N/c1-5(11)8-6(9)3-2-4-7(8)10/h2-5H,11H2,1H3/t5-/m1/s1. The van der Waals surface area contributed by atoms with E-state index >= 15 is 0 Å². The molecule has 0 aliphatic carbocycles. The molecule has 0 heterocycles. The molecule has 0 bridgehead atoms. The molecule has 1 nitrogen and oxygen atoms in total. The van der Waals surface area contributed by atoms with Gasteiger partial charge < -0.3 is 5.73 Å².